The van der Waals surface area contributed by atoms with E-state index in [1.807, 2.05) is 6.07 Å². The lowest BCUT2D eigenvalue weighted by molar-refractivity contribution is 0.146. The van der Waals surface area contributed by atoms with Gasteiger partial charge in [0.05, 0.1) is 18.2 Å². The number of alkyl halides is 2. The largest absolute Gasteiger partial charge is 0.280 e. The van der Waals surface area contributed by atoms with Gasteiger partial charge in [-0.05, 0) is 12.1 Å². The van der Waals surface area contributed by atoms with Gasteiger partial charge in [0.1, 0.15) is 5.69 Å². The van der Waals surface area contributed by atoms with Crippen molar-refractivity contribution in [2.75, 3.05) is 0 Å². The van der Waals surface area contributed by atoms with Crippen LogP contribution in [-0.2, 0) is 6.42 Å². The molecule has 0 unspecified atom stereocenters. The third-order valence-corrected chi connectivity index (χ3v) is 1.56. The fourth-order valence-corrected chi connectivity index (χ4v) is 1.09. The Morgan fingerprint density at radius 1 is 1.54 bits per heavy atom. The number of hydrogen-bond donors (Lipinski definition) is 0. The molecule has 0 fully saturated rings. The number of nitriles is 1. The van der Waals surface area contributed by atoms with Crippen LogP contribution in [0, 0.1) is 11.3 Å². The minimum absolute atomic E-state index is 0.0136. The highest BCUT2D eigenvalue weighted by atomic mass is 35.5. The molecular formula is C8H5ClF2N2. The summed E-state index contributed by atoms with van der Waals surface area (Å²) in [5.41, 5.74) is -0.122. The summed E-state index contributed by atoms with van der Waals surface area (Å²) in [6, 6.07) is 4.30. The van der Waals surface area contributed by atoms with Crippen molar-refractivity contribution in [1.29, 1.82) is 5.26 Å². The number of pyridine rings is 1. The molecule has 0 spiro atoms. The summed E-state index contributed by atoms with van der Waals surface area (Å²) >= 11 is 5.55. The van der Waals surface area contributed by atoms with E-state index in [2.05, 4.69) is 4.98 Å². The van der Waals surface area contributed by atoms with Gasteiger partial charge in [0, 0.05) is 5.02 Å². The zero-order chi connectivity index (χ0) is 9.84. The first-order valence-electron chi connectivity index (χ1n) is 3.45. The van der Waals surface area contributed by atoms with Crippen LogP contribution in [0.4, 0.5) is 8.78 Å². The SMILES string of the molecule is N#CCc1cc(Cl)cc(C(F)F)n1. The molecule has 0 radical (unpaired) electrons. The molecule has 0 aliphatic rings. The predicted octanol–water partition coefficient (Wildman–Crippen LogP) is 2.74. The van der Waals surface area contributed by atoms with Crippen molar-refractivity contribution >= 4 is 11.6 Å². The highest BCUT2D eigenvalue weighted by molar-refractivity contribution is 6.30. The van der Waals surface area contributed by atoms with Crippen LogP contribution in [-0.4, -0.2) is 4.98 Å². The normalized spacial score (nSPS) is 10.1. The van der Waals surface area contributed by atoms with E-state index < -0.39 is 12.1 Å². The van der Waals surface area contributed by atoms with Gasteiger partial charge in [-0.2, -0.15) is 5.26 Å². The number of aromatic nitrogens is 1. The third kappa shape index (κ3) is 2.63. The van der Waals surface area contributed by atoms with Crippen LogP contribution >= 0.6 is 11.6 Å². The van der Waals surface area contributed by atoms with Crippen molar-refractivity contribution in [3.63, 3.8) is 0 Å². The van der Waals surface area contributed by atoms with Crippen molar-refractivity contribution in [2.24, 2.45) is 0 Å². The summed E-state index contributed by atoms with van der Waals surface area (Å²) < 4.78 is 24.3. The second kappa shape index (κ2) is 4.15. The van der Waals surface area contributed by atoms with Gasteiger partial charge < -0.3 is 0 Å². The van der Waals surface area contributed by atoms with Crippen LogP contribution in [0.3, 0.4) is 0 Å². The Labute approximate surface area is 78.8 Å². The number of rotatable bonds is 2. The highest BCUT2D eigenvalue weighted by Crippen LogP contribution is 2.21. The first-order chi connectivity index (χ1) is 6.13. The van der Waals surface area contributed by atoms with Gasteiger partial charge in [0.25, 0.3) is 6.43 Å². The highest BCUT2D eigenvalue weighted by Gasteiger charge is 2.10. The molecule has 1 aromatic rings. The van der Waals surface area contributed by atoms with Crippen LogP contribution in [0.2, 0.25) is 5.02 Å². The lowest BCUT2D eigenvalue weighted by Gasteiger charge is -2.01. The molecule has 0 saturated heterocycles. The van der Waals surface area contributed by atoms with Crippen molar-refractivity contribution < 1.29 is 8.78 Å². The van der Waals surface area contributed by atoms with E-state index in [9.17, 15) is 8.78 Å². The van der Waals surface area contributed by atoms with E-state index in [-0.39, 0.29) is 17.1 Å². The molecule has 0 aliphatic heterocycles. The van der Waals surface area contributed by atoms with E-state index in [1.165, 1.54) is 6.07 Å². The van der Waals surface area contributed by atoms with Crippen molar-refractivity contribution in [1.82, 2.24) is 4.98 Å². The minimum Gasteiger partial charge on any atom is -0.251 e. The van der Waals surface area contributed by atoms with Crippen LogP contribution in [0.5, 0.6) is 0 Å². The maximum absolute atomic E-state index is 12.2. The van der Waals surface area contributed by atoms with E-state index in [4.69, 9.17) is 16.9 Å². The van der Waals surface area contributed by atoms with E-state index >= 15 is 0 Å². The Bertz CT molecular complexity index is 346. The van der Waals surface area contributed by atoms with Crippen molar-refractivity contribution in [3.8, 4) is 6.07 Å². The zero-order valence-corrected chi connectivity index (χ0v) is 7.22. The predicted molar refractivity (Wildman–Crippen MR) is 43.5 cm³/mol. The molecule has 5 heteroatoms. The van der Waals surface area contributed by atoms with Gasteiger partial charge in [-0.1, -0.05) is 11.6 Å². The van der Waals surface area contributed by atoms with Gasteiger partial charge in [-0.15, -0.1) is 0 Å². The molecule has 68 valence electrons. The summed E-state index contributed by atoms with van der Waals surface area (Å²) in [7, 11) is 0. The molecule has 0 saturated carbocycles. The van der Waals surface area contributed by atoms with Gasteiger partial charge in [0.2, 0.25) is 0 Å². The molecule has 1 heterocycles. The second-order valence-electron chi connectivity index (χ2n) is 2.34. The van der Waals surface area contributed by atoms with E-state index in [1.54, 1.807) is 0 Å². The van der Waals surface area contributed by atoms with Crippen molar-refractivity contribution in [3.05, 3.63) is 28.5 Å². The molecule has 0 bridgehead atoms. The average molecular weight is 203 g/mol. The fraction of sp³-hybridized carbons (Fsp3) is 0.250. The maximum atomic E-state index is 12.2. The molecule has 2 nitrogen and oxygen atoms in total. The molecule has 0 atom stereocenters. The minimum atomic E-state index is -2.66. The van der Waals surface area contributed by atoms with Crippen LogP contribution in [0.1, 0.15) is 17.8 Å². The molecule has 0 aliphatic carbocycles. The van der Waals surface area contributed by atoms with Crippen LogP contribution < -0.4 is 0 Å². The average Bonchev–Trinajstić information content (AvgIpc) is 2.03. The molecule has 0 N–H and O–H groups in total. The maximum Gasteiger partial charge on any atom is 0.280 e. The van der Waals surface area contributed by atoms with Gasteiger partial charge >= 0.3 is 0 Å². The van der Waals surface area contributed by atoms with Crippen LogP contribution in [0.15, 0.2) is 12.1 Å². The first kappa shape index (κ1) is 9.87. The Morgan fingerprint density at radius 3 is 2.77 bits per heavy atom. The van der Waals surface area contributed by atoms with E-state index in [0.717, 1.165) is 6.07 Å². The lowest BCUT2D eigenvalue weighted by atomic mass is 10.2. The number of hydrogen-bond acceptors (Lipinski definition) is 2. The number of halogens is 3. The molecular weight excluding hydrogens is 198 g/mol. The Hall–Kier alpha value is -1.21. The first-order valence-corrected chi connectivity index (χ1v) is 3.82. The zero-order valence-electron chi connectivity index (χ0n) is 6.47. The summed E-state index contributed by atoms with van der Waals surface area (Å²) in [6.45, 7) is 0. The molecule has 0 aromatic carbocycles. The van der Waals surface area contributed by atoms with Gasteiger partial charge in [0.15, 0.2) is 0 Å². The van der Waals surface area contributed by atoms with E-state index in [0.29, 0.717) is 0 Å². The molecule has 1 aromatic heterocycles. The van der Waals surface area contributed by atoms with Crippen LogP contribution in [0.25, 0.3) is 0 Å². The Morgan fingerprint density at radius 2 is 2.23 bits per heavy atom. The topological polar surface area (TPSA) is 36.7 Å². The molecule has 1 rings (SSSR count). The molecule has 0 amide bonds. The van der Waals surface area contributed by atoms with Gasteiger partial charge in [-0.3, -0.25) is 4.98 Å². The van der Waals surface area contributed by atoms with Crippen molar-refractivity contribution in [2.45, 2.75) is 12.8 Å². The standard InChI is InChI=1S/C8H5ClF2N2/c9-5-3-6(1-2-12)13-7(4-5)8(10)11/h3-4,8H,1H2. The number of nitrogens with zero attached hydrogens (tertiary/aromatic N) is 2. The Balaban J connectivity index is 3.05. The summed E-state index contributed by atoms with van der Waals surface area (Å²) in [5, 5.41) is 8.50. The quantitative estimate of drug-likeness (QED) is 0.740. The third-order valence-electron chi connectivity index (χ3n) is 1.35. The second-order valence-corrected chi connectivity index (χ2v) is 2.77. The monoisotopic (exact) mass is 202 g/mol. The summed E-state index contributed by atoms with van der Waals surface area (Å²) in [5.74, 6) is 0. The summed E-state index contributed by atoms with van der Waals surface area (Å²) in [6.07, 6.45) is -2.67. The fourth-order valence-electron chi connectivity index (χ4n) is 0.856. The van der Waals surface area contributed by atoms with Gasteiger partial charge in [-0.25, -0.2) is 8.78 Å². The smallest absolute Gasteiger partial charge is 0.251 e. The summed E-state index contributed by atoms with van der Waals surface area (Å²) in [4.78, 5) is 3.57. The Kier molecular flexibility index (Phi) is 3.15. The molecule has 13 heavy (non-hydrogen) atoms. The lowest BCUT2D eigenvalue weighted by Crippen LogP contribution is -1.95.